The van der Waals surface area contributed by atoms with E-state index in [0.717, 1.165) is 0 Å². The highest BCUT2D eigenvalue weighted by atomic mass is 127. The molecule has 0 amide bonds. The smallest absolute Gasteiger partial charge is 0.212 e. The van der Waals surface area contributed by atoms with E-state index in [1.54, 1.807) is 19.3 Å². The zero-order valence-corrected chi connectivity index (χ0v) is 10.6. The Morgan fingerprint density at radius 1 is 1.44 bits per heavy atom. The molecule has 0 aliphatic carbocycles. The van der Waals surface area contributed by atoms with Crippen molar-refractivity contribution in [2.75, 3.05) is 0 Å². The number of nitrogens with zero attached hydrogens (tertiary/aromatic N) is 2. The standard InChI is InChI=1S/C11H8FIN2O/c1-15-10(4-5-14-15)11(16)8-3-2-7(12)6-9(8)13/h2-6H,1H3. The molecule has 2 rings (SSSR count). The maximum Gasteiger partial charge on any atom is 0.212 e. The molecule has 0 aliphatic heterocycles. The number of carbonyl (C=O) groups is 1. The second-order valence-electron chi connectivity index (χ2n) is 3.29. The molecule has 0 radical (unpaired) electrons. The van der Waals surface area contributed by atoms with Gasteiger partial charge in [0, 0.05) is 22.4 Å². The molecule has 2 aromatic rings. The Morgan fingerprint density at radius 3 is 2.75 bits per heavy atom. The van der Waals surface area contributed by atoms with E-state index in [-0.39, 0.29) is 11.6 Å². The van der Waals surface area contributed by atoms with Gasteiger partial charge in [-0.25, -0.2) is 4.39 Å². The second kappa shape index (κ2) is 4.32. The van der Waals surface area contributed by atoms with Gasteiger partial charge in [-0.3, -0.25) is 9.48 Å². The van der Waals surface area contributed by atoms with E-state index in [4.69, 9.17) is 0 Å². The molecule has 0 bridgehead atoms. The summed E-state index contributed by atoms with van der Waals surface area (Å²) in [5.41, 5.74) is 0.982. The number of rotatable bonds is 2. The van der Waals surface area contributed by atoms with Crippen LogP contribution in [-0.2, 0) is 7.05 Å². The molecule has 1 aromatic heterocycles. The van der Waals surface area contributed by atoms with E-state index in [2.05, 4.69) is 5.10 Å². The molecule has 0 N–H and O–H groups in total. The van der Waals surface area contributed by atoms with Crippen molar-refractivity contribution in [2.45, 2.75) is 0 Å². The quantitative estimate of drug-likeness (QED) is 0.626. The van der Waals surface area contributed by atoms with Gasteiger partial charge in [-0.15, -0.1) is 0 Å². The van der Waals surface area contributed by atoms with Crippen molar-refractivity contribution in [3.63, 3.8) is 0 Å². The Hall–Kier alpha value is -1.24. The number of aromatic nitrogens is 2. The van der Waals surface area contributed by atoms with Crippen LogP contribution in [0.15, 0.2) is 30.5 Å². The van der Waals surface area contributed by atoms with Crippen LogP contribution < -0.4 is 0 Å². The summed E-state index contributed by atoms with van der Waals surface area (Å²) in [5, 5.41) is 3.93. The van der Waals surface area contributed by atoms with Crippen molar-refractivity contribution in [3.05, 3.63) is 51.1 Å². The highest BCUT2D eigenvalue weighted by Crippen LogP contribution is 2.17. The predicted octanol–water partition coefficient (Wildman–Crippen LogP) is 2.39. The molecule has 3 nitrogen and oxygen atoms in total. The molecule has 0 atom stereocenters. The Kier molecular flexibility index (Phi) is 3.04. The van der Waals surface area contributed by atoms with E-state index in [9.17, 15) is 9.18 Å². The first-order valence-corrected chi connectivity index (χ1v) is 5.65. The van der Waals surface area contributed by atoms with Crippen LogP contribution in [0.1, 0.15) is 16.1 Å². The van der Waals surface area contributed by atoms with Gasteiger partial charge in [-0.2, -0.15) is 5.10 Å². The summed E-state index contributed by atoms with van der Waals surface area (Å²) in [7, 11) is 1.70. The van der Waals surface area contributed by atoms with Gasteiger partial charge in [0.25, 0.3) is 0 Å². The fourth-order valence-corrected chi connectivity index (χ4v) is 2.13. The Morgan fingerprint density at radius 2 is 2.19 bits per heavy atom. The third-order valence-corrected chi connectivity index (χ3v) is 3.12. The third-order valence-electron chi connectivity index (χ3n) is 2.23. The SMILES string of the molecule is Cn1nccc1C(=O)c1ccc(F)cc1I. The minimum absolute atomic E-state index is 0.149. The average molecular weight is 330 g/mol. The molecule has 0 spiro atoms. The van der Waals surface area contributed by atoms with Crippen LogP contribution in [0, 0.1) is 9.39 Å². The largest absolute Gasteiger partial charge is 0.287 e. The van der Waals surface area contributed by atoms with Crippen LogP contribution in [0.2, 0.25) is 0 Å². The highest BCUT2D eigenvalue weighted by molar-refractivity contribution is 14.1. The molecular formula is C11H8FIN2O. The fourth-order valence-electron chi connectivity index (χ4n) is 1.41. The van der Waals surface area contributed by atoms with Gasteiger partial charge in [0.15, 0.2) is 0 Å². The molecule has 0 fully saturated rings. The summed E-state index contributed by atoms with van der Waals surface area (Å²) < 4.78 is 15.0. The summed E-state index contributed by atoms with van der Waals surface area (Å²) in [6.45, 7) is 0. The van der Waals surface area contributed by atoms with Crippen LogP contribution >= 0.6 is 22.6 Å². The summed E-state index contributed by atoms with van der Waals surface area (Å²) in [4.78, 5) is 12.1. The molecule has 0 saturated heterocycles. The van der Waals surface area contributed by atoms with Crippen molar-refractivity contribution in [3.8, 4) is 0 Å². The highest BCUT2D eigenvalue weighted by Gasteiger charge is 2.15. The van der Waals surface area contributed by atoms with Crippen LogP contribution in [0.25, 0.3) is 0 Å². The summed E-state index contributed by atoms with van der Waals surface area (Å²) in [6, 6.07) is 5.75. The minimum atomic E-state index is -0.342. The summed E-state index contributed by atoms with van der Waals surface area (Å²) >= 11 is 1.95. The topological polar surface area (TPSA) is 34.9 Å². The van der Waals surface area contributed by atoms with Gasteiger partial charge in [0.1, 0.15) is 11.5 Å². The van der Waals surface area contributed by atoms with Crippen LogP contribution in [0.4, 0.5) is 4.39 Å². The molecule has 16 heavy (non-hydrogen) atoms. The van der Waals surface area contributed by atoms with E-state index in [1.165, 1.54) is 22.9 Å². The number of ketones is 1. The Labute approximate surface area is 105 Å². The van der Waals surface area contributed by atoms with Gasteiger partial charge >= 0.3 is 0 Å². The molecular weight excluding hydrogens is 322 g/mol. The lowest BCUT2D eigenvalue weighted by molar-refractivity contribution is 0.102. The van der Waals surface area contributed by atoms with Crippen molar-refractivity contribution in [1.29, 1.82) is 0 Å². The summed E-state index contributed by atoms with van der Waals surface area (Å²) in [5.74, 6) is -0.490. The number of halogens is 2. The minimum Gasteiger partial charge on any atom is -0.287 e. The van der Waals surface area contributed by atoms with Gasteiger partial charge in [0.2, 0.25) is 5.78 Å². The van der Waals surface area contributed by atoms with Gasteiger partial charge in [-0.1, -0.05) is 0 Å². The first kappa shape index (κ1) is 11.3. The van der Waals surface area contributed by atoms with E-state index < -0.39 is 0 Å². The maximum absolute atomic E-state index is 12.9. The first-order valence-electron chi connectivity index (χ1n) is 4.57. The molecule has 0 saturated carbocycles. The number of benzene rings is 1. The average Bonchev–Trinajstić information content (AvgIpc) is 2.63. The number of carbonyl (C=O) groups excluding carboxylic acids is 1. The zero-order chi connectivity index (χ0) is 11.7. The van der Waals surface area contributed by atoms with Gasteiger partial charge in [0.05, 0.1) is 0 Å². The van der Waals surface area contributed by atoms with Crippen molar-refractivity contribution in [1.82, 2.24) is 9.78 Å². The number of aryl methyl sites for hydroxylation is 1. The molecule has 5 heteroatoms. The van der Waals surface area contributed by atoms with Crippen LogP contribution in [0.3, 0.4) is 0 Å². The maximum atomic E-state index is 12.9. The van der Waals surface area contributed by atoms with Gasteiger partial charge in [-0.05, 0) is 46.9 Å². The molecule has 0 aliphatic rings. The lowest BCUT2D eigenvalue weighted by Crippen LogP contribution is -2.09. The summed E-state index contributed by atoms with van der Waals surface area (Å²) in [6.07, 6.45) is 1.56. The first-order chi connectivity index (χ1) is 7.59. The van der Waals surface area contributed by atoms with Crippen LogP contribution in [-0.4, -0.2) is 15.6 Å². The number of hydrogen-bond donors (Lipinski definition) is 0. The zero-order valence-electron chi connectivity index (χ0n) is 8.45. The van der Waals surface area contributed by atoms with Crippen molar-refractivity contribution >= 4 is 28.4 Å². The second-order valence-corrected chi connectivity index (χ2v) is 4.46. The van der Waals surface area contributed by atoms with Gasteiger partial charge < -0.3 is 0 Å². The van der Waals surface area contributed by atoms with Crippen molar-refractivity contribution in [2.24, 2.45) is 7.05 Å². The van der Waals surface area contributed by atoms with Crippen molar-refractivity contribution < 1.29 is 9.18 Å². The lowest BCUT2D eigenvalue weighted by atomic mass is 10.1. The lowest BCUT2D eigenvalue weighted by Gasteiger charge is -2.04. The monoisotopic (exact) mass is 330 g/mol. The fraction of sp³-hybridized carbons (Fsp3) is 0.0909. The van der Waals surface area contributed by atoms with E-state index in [1.807, 2.05) is 22.6 Å². The number of hydrogen-bond acceptors (Lipinski definition) is 2. The molecule has 1 aromatic carbocycles. The van der Waals surface area contributed by atoms with Crippen LogP contribution in [0.5, 0.6) is 0 Å². The Balaban J connectivity index is 2.46. The predicted molar refractivity (Wildman–Crippen MR) is 65.8 cm³/mol. The molecule has 1 heterocycles. The van der Waals surface area contributed by atoms with E-state index in [0.29, 0.717) is 14.8 Å². The Bertz CT molecular complexity index is 551. The molecule has 0 unspecified atom stereocenters. The van der Waals surface area contributed by atoms with E-state index >= 15 is 0 Å². The third kappa shape index (κ3) is 1.99. The normalized spacial score (nSPS) is 10.4. The molecule has 82 valence electrons.